The molecule has 248 valence electrons. The highest BCUT2D eigenvalue weighted by atomic mass is 15.0. The highest BCUT2D eigenvalue weighted by molar-refractivity contribution is 6.09. The predicted octanol–water partition coefficient (Wildman–Crippen LogP) is 13.1. The van der Waals surface area contributed by atoms with Crippen molar-refractivity contribution in [1.82, 2.24) is 14.5 Å². The molecule has 0 radical (unpaired) electrons. The number of benzene rings is 8. The fourth-order valence-corrected chi connectivity index (χ4v) is 7.16. The van der Waals surface area contributed by atoms with Gasteiger partial charge in [0.05, 0.1) is 33.4 Å². The summed E-state index contributed by atoms with van der Waals surface area (Å²) >= 11 is 0. The zero-order chi connectivity index (χ0) is 42.1. The number of rotatable bonds is 6. The molecule has 3 heteroatoms. The Kier molecular flexibility index (Phi) is 5.69. The monoisotopic (exact) mass is 683 g/mol. The van der Waals surface area contributed by atoms with Gasteiger partial charge in [-0.1, -0.05) is 170 Å². The van der Waals surface area contributed by atoms with Gasteiger partial charge in [0, 0.05) is 33.2 Å². The number of fused-ring (bicyclic) bond motifs is 4. The lowest BCUT2D eigenvalue weighted by Crippen LogP contribution is -1.96. The van der Waals surface area contributed by atoms with E-state index in [-0.39, 0.29) is 46.0 Å². The van der Waals surface area contributed by atoms with Crippen LogP contribution in [0.4, 0.5) is 0 Å². The maximum Gasteiger partial charge on any atom is 0.160 e. The maximum atomic E-state index is 8.82. The first-order valence-electron chi connectivity index (χ1n) is 21.3. The summed E-state index contributed by atoms with van der Waals surface area (Å²) in [5, 5.41) is 2.26. The van der Waals surface area contributed by atoms with Crippen molar-refractivity contribution in [2.75, 3.05) is 0 Å². The molecule has 0 aliphatic heterocycles. The van der Waals surface area contributed by atoms with Crippen LogP contribution in [0.5, 0.6) is 0 Å². The van der Waals surface area contributed by atoms with E-state index in [0.29, 0.717) is 11.5 Å². The Balaban J connectivity index is 1.03. The fourth-order valence-electron chi connectivity index (χ4n) is 7.16. The first-order chi connectivity index (χ1) is 29.6. The summed E-state index contributed by atoms with van der Waals surface area (Å²) in [6.45, 7) is 0. The minimum absolute atomic E-state index is 0.0548. The van der Waals surface area contributed by atoms with Crippen LogP contribution in [0.2, 0.25) is 0 Å². The van der Waals surface area contributed by atoms with E-state index in [0.717, 1.165) is 61.1 Å². The summed E-state index contributed by atoms with van der Waals surface area (Å²) < 4.78 is 70.0. The summed E-state index contributed by atoms with van der Waals surface area (Å²) in [5.74, 6) is 0.657. The molecule has 0 saturated heterocycles. The molecule has 2 heterocycles. The lowest BCUT2D eigenvalue weighted by atomic mass is 9.92. The molecule has 10 rings (SSSR count). The Morgan fingerprint density at radius 3 is 1.51 bits per heavy atom. The lowest BCUT2D eigenvalue weighted by Gasteiger charge is -2.14. The van der Waals surface area contributed by atoms with E-state index in [1.165, 1.54) is 4.57 Å². The van der Waals surface area contributed by atoms with Crippen LogP contribution >= 0.6 is 0 Å². The van der Waals surface area contributed by atoms with Crippen LogP contribution in [0.3, 0.4) is 0 Å². The molecule has 0 aliphatic carbocycles. The zero-order valence-electron chi connectivity index (χ0n) is 36.3. The van der Waals surface area contributed by atoms with E-state index in [9.17, 15) is 0 Å². The molecule has 0 unspecified atom stereocenters. The highest BCUT2D eigenvalue weighted by Crippen LogP contribution is 2.38. The average molecular weight is 684 g/mol. The molecule has 53 heavy (non-hydrogen) atoms. The van der Waals surface area contributed by atoms with E-state index >= 15 is 0 Å². The topological polar surface area (TPSA) is 30.7 Å². The fraction of sp³-hybridized carbons (Fsp3) is 0. The van der Waals surface area contributed by atoms with Crippen molar-refractivity contribution in [3.8, 4) is 61.8 Å². The van der Waals surface area contributed by atoms with E-state index in [2.05, 4.69) is 66.7 Å². The van der Waals surface area contributed by atoms with Crippen LogP contribution in [0.25, 0.3) is 94.4 Å². The Bertz CT molecular complexity index is 3230. The molecule has 0 atom stereocenters. The minimum Gasteiger partial charge on any atom is -0.309 e. The van der Waals surface area contributed by atoms with Crippen molar-refractivity contribution >= 4 is 32.6 Å². The van der Waals surface area contributed by atoms with Gasteiger partial charge in [0.2, 0.25) is 0 Å². The molecule has 0 bridgehead atoms. The molecule has 0 fully saturated rings. The maximum absolute atomic E-state index is 8.82. The standard InChI is InChI=1S/C50H33N3/c1-3-13-37(14-4-1)46-33-47(52-50(51-46)38-15-5-2-6-16-38)43-32-31-40(41-17-7-8-18-42(41)43)36-25-23-34(24-26-36)35-27-29-39(30-28-35)53-48-21-11-9-19-44(48)45-20-10-12-22-49(45)53/h1-33H/i9D,10D,11D,12D,19D,20D,21D,22D. The number of aromatic nitrogens is 3. The van der Waals surface area contributed by atoms with Gasteiger partial charge in [-0.25, -0.2) is 9.97 Å². The van der Waals surface area contributed by atoms with Gasteiger partial charge in [0.1, 0.15) is 0 Å². The van der Waals surface area contributed by atoms with Crippen molar-refractivity contribution in [2.45, 2.75) is 0 Å². The normalized spacial score (nSPS) is 13.5. The predicted molar refractivity (Wildman–Crippen MR) is 221 cm³/mol. The summed E-state index contributed by atoms with van der Waals surface area (Å²) in [7, 11) is 0. The number of para-hydroxylation sites is 2. The summed E-state index contributed by atoms with van der Waals surface area (Å²) in [4.78, 5) is 10.1. The molecule has 2 aromatic heterocycles. The molecule has 0 spiro atoms. The second kappa shape index (κ2) is 12.9. The Morgan fingerprint density at radius 2 is 0.868 bits per heavy atom. The van der Waals surface area contributed by atoms with E-state index in [1.807, 2.05) is 72.8 Å². The number of nitrogens with zero attached hydrogens (tertiary/aromatic N) is 3. The molecule has 0 amide bonds. The first kappa shape index (κ1) is 23.4. The number of hydrogen-bond donors (Lipinski definition) is 0. The molecule has 8 aromatic carbocycles. The highest BCUT2D eigenvalue weighted by Gasteiger charge is 2.15. The van der Waals surface area contributed by atoms with Crippen LogP contribution < -0.4 is 0 Å². The van der Waals surface area contributed by atoms with Crippen molar-refractivity contribution in [1.29, 1.82) is 0 Å². The molecular formula is C50H33N3. The van der Waals surface area contributed by atoms with Gasteiger partial charge in [0.25, 0.3) is 0 Å². The van der Waals surface area contributed by atoms with Gasteiger partial charge < -0.3 is 4.57 Å². The molecule has 3 nitrogen and oxygen atoms in total. The van der Waals surface area contributed by atoms with Gasteiger partial charge in [-0.15, -0.1) is 0 Å². The summed E-state index contributed by atoms with van der Waals surface area (Å²) in [6, 6.07) is 47.4. The van der Waals surface area contributed by atoms with E-state index < -0.39 is 24.2 Å². The summed E-state index contributed by atoms with van der Waals surface area (Å²) in [5.41, 5.74) is 9.27. The number of hydrogen-bond acceptors (Lipinski definition) is 2. The second-order valence-electron chi connectivity index (χ2n) is 12.8. The third kappa shape index (κ3) is 5.47. The molecule has 10 aromatic rings. The van der Waals surface area contributed by atoms with Crippen LogP contribution in [-0.4, -0.2) is 14.5 Å². The van der Waals surface area contributed by atoms with Crippen molar-refractivity contribution in [3.05, 3.63) is 200 Å². The van der Waals surface area contributed by atoms with Gasteiger partial charge in [-0.2, -0.15) is 0 Å². The largest absolute Gasteiger partial charge is 0.309 e. The van der Waals surface area contributed by atoms with Crippen molar-refractivity contribution < 1.29 is 11.0 Å². The van der Waals surface area contributed by atoms with Gasteiger partial charge in [0.15, 0.2) is 5.82 Å². The molecular weight excluding hydrogens is 643 g/mol. The molecule has 0 N–H and O–H groups in total. The molecule has 0 aliphatic rings. The smallest absolute Gasteiger partial charge is 0.160 e. The Morgan fingerprint density at radius 1 is 0.377 bits per heavy atom. The third-order valence-corrected chi connectivity index (χ3v) is 9.72. The van der Waals surface area contributed by atoms with Gasteiger partial charge >= 0.3 is 0 Å². The Hall–Kier alpha value is -7.10. The van der Waals surface area contributed by atoms with Gasteiger partial charge in [-0.3, -0.25) is 0 Å². The van der Waals surface area contributed by atoms with Crippen LogP contribution in [0.1, 0.15) is 11.0 Å². The van der Waals surface area contributed by atoms with Crippen LogP contribution in [0.15, 0.2) is 200 Å². The van der Waals surface area contributed by atoms with Crippen LogP contribution in [-0.2, 0) is 0 Å². The molecule has 0 saturated carbocycles. The van der Waals surface area contributed by atoms with Gasteiger partial charge in [-0.05, 0) is 63.3 Å². The SMILES string of the molecule is [2H]c1c([2H])c([2H])c2c(c1[2H])c1c([2H])c([2H])c([2H])c([2H])c1n2-c1ccc(-c2ccc(-c3ccc(-c4cc(-c5ccccc5)nc(-c5ccccc5)n4)c4ccccc34)cc2)cc1. The second-order valence-corrected chi connectivity index (χ2v) is 12.8. The van der Waals surface area contributed by atoms with Crippen molar-refractivity contribution in [2.24, 2.45) is 0 Å². The lowest BCUT2D eigenvalue weighted by molar-refractivity contribution is 1.18. The zero-order valence-corrected chi connectivity index (χ0v) is 28.3. The van der Waals surface area contributed by atoms with E-state index in [1.54, 1.807) is 12.1 Å². The third-order valence-electron chi connectivity index (χ3n) is 9.72. The van der Waals surface area contributed by atoms with Crippen molar-refractivity contribution in [3.63, 3.8) is 0 Å². The first-order valence-corrected chi connectivity index (χ1v) is 17.3. The van der Waals surface area contributed by atoms with E-state index in [4.69, 9.17) is 20.9 Å². The quantitative estimate of drug-likeness (QED) is 0.175. The summed E-state index contributed by atoms with van der Waals surface area (Å²) in [6.07, 6.45) is 0. The Labute approximate surface area is 319 Å². The van der Waals surface area contributed by atoms with Crippen LogP contribution in [0, 0.1) is 0 Å². The average Bonchev–Trinajstić information content (AvgIpc) is 3.68. The minimum atomic E-state index is -0.465.